The number of nitrogens with one attached hydrogen (secondary N) is 1. The highest BCUT2D eigenvalue weighted by Crippen LogP contribution is 2.40. The third-order valence-electron chi connectivity index (χ3n) is 5.63. The SMILES string of the molecule is CCOC(=O)c1c(NC(=O)CCc2nc(-c3ccc(OC)cc3)no2)sc2c1CCC(C)C2. The second-order valence-electron chi connectivity index (χ2n) is 8.06. The van der Waals surface area contributed by atoms with Crippen molar-refractivity contribution in [2.24, 2.45) is 5.92 Å². The molecule has 8 nitrogen and oxygen atoms in total. The Balaban J connectivity index is 1.42. The zero-order chi connectivity index (χ0) is 23.4. The largest absolute Gasteiger partial charge is 0.497 e. The van der Waals surface area contributed by atoms with Gasteiger partial charge in [-0.1, -0.05) is 12.1 Å². The third-order valence-corrected chi connectivity index (χ3v) is 6.80. The molecular formula is C24H27N3O5S. The first-order valence-electron chi connectivity index (χ1n) is 11.1. The molecule has 1 amide bonds. The van der Waals surface area contributed by atoms with Crippen molar-refractivity contribution in [3.05, 3.63) is 46.2 Å². The van der Waals surface area contributed by atoms with Crippen molar-refractivity contribution in [3.63, 3.8) is 0 Å². The Bertz CT molecular complexity index is 1140. The van der Waals surface area contributed by atoms with Crippen molar-refractivity contribution in [1.29, 1.82) is 0 Å². The number of thiophene rings is 1. The van der Waals surface area contributed by atoms with E-state index in [1.807, 2.05) is 24.3 Å². The van der Waals surface area contributed by atoms with Crippen molar-refractivity contribution < 1.29 is 23.6 Å². The number of methoxy groups -OCH3 is 1. The van der Waals surface area contributed by atoms with Gasteiger partial charge in [0.15, 0.2) is 0 Å². The summed E-state index contributed by atoms with van der Waals surface area (Å²) in [6, 6.07) is 7.33. The Morgan fingerprint density at radius 3 is 2.79 bits per heavy atom. The number of nitrogens with zero attached hydrogens (tertiary/aromatic N) is 2. The van der Waals surface area contributed by atoms with Crippen LogP contribution in [0.2, 0.25) is 0 Å². The Labute approximate surface area is 196 Å². The van der Waals surface area contributed by atoms with Crippen LogP contribution < -0.4 is 10.1 Å². The van der Waals surface area contributed by atoms with Crippen LogP contribution in [0.25, 0.3) is 11.4 Å². The average Bonchev–Trinajstić information content (AvgIpc) is 3.42. The van der Waals surface area contributed by atoms with E-state index in [4.69, 9.17) is 14.0 Å². The number of hydrogen-bond acceptors (Lipinski definition) is 8. The van der Waals surface area contributed by atoms with Crippen LogP contribution in [-0.4, -0.2) is 35.7 Å². The van der Waals surface area contributed by atoms with E-state index in [9.17, 15) is 9.59 Å². The molecule has 1 aliphatic rings. The molecule has 33 heavy (non-hydrogen) atoms. The highest BCUT2D eigenvalue weighted by Gasteiger charge is 2.29. The molecule has 0 saturated carbocycles. The van der Waals surface area contributed by atoms with Gasteiger partial charge in [0.2, 0.25) is 17.6 Å². The van der Waals surface area contributed by atoms with Crippen LogP contribution in [-0.2, 0) is 28.8 Å². The van der Waals surface area contributed by atoms with E-state index in [2.05, 4.69) is 22.4 Å². The molecule has 1 atom stereocenters. The fourth-order valence-electron chi connectivity index (χ4n) is 3.88. The molecule has 0 aliphatic heterocycles. The molecule has 1 aromatic carbocycles. The minimum absolute atomic E-state index is 0.158. The van der Waals surface area contributed by atoms with Gasteiger partial charge in [0, 0.05) is 23.3 Å². The number of anilines is 1. The fraction of sp³-hybridized carbons (Fsp3) is 0.417. The molecule has 0 spiro atoms. The third kappa shape index (κ3) is 5.24. The van der Waals surface area contributed by atoms with Crippen molar-refractivity contribution in [1.82, 2.24) is 10.1 Å². The smallest absolute Gasteiger partial charge is 0.341 e. The van der Waals surface area contributed by atoms with Gasteiger partial charge in [0.1, 0.15) is 10.8 Å². The van der Waals surface area contributed by atoms with Crippen LogP contribution in [0, 0.1) is 5.92 Å². The number of carbonyl (C=O) groups excluding carboxylic acids is 2. The van der Waals surface area contributed by atoms with E-state index in [0.717, 1.165) is 41.0 Å². The number of rotatable bonds is 8. The highest BCUT2D eigenvalue weighted by atomic mass is 32.1. The lowest BCUT2D eigenvalue weighted by atomic mass is 9.88. The minimum Gasteiger partial charge on any atom is -0.497 e. The monoisotopic (exact) mass is 469 g/mol. The minimum atomic E-state index is -0.374. The van der Waals surface area contributed by atoms with Crippen molar-refractivity contribution in [2.45, 2.75) is 46.0 Å². The van der Waals surface area contributed by atoms with Crippen LogP contribution in [0.15, 0.2) is 28.8 Å². The van der Waals surface area contributed by atoms with Gasteiger partial charge < -0.3 is 19.3 Å². The maximum absolute atomic E-state index is 12.7. The van der Waals surface area contributed by atoms with Gasteiger partial charge in [0.25, 0.3) is 0 Å². The molecule has 0 bridgehead atoms. The topological polar surface area (TPSA) is 104 Å². The second-order valence-corrected chi connectivity index (χ2v) is 9.17. The average molecular weight is 470 g/mol. The first-order chi connectivity index (χ1) is 16.0. The van der Waals surface area contributed by atoms with Crippen LogP contribution in [0.4, 0.5) is 5.00 Å². The number of aryl methyl sites for hydroxylation is 1. The summed E-state index contributed by atoms with van der Waals surface area (Å²) in [5, 5.41) is 7.48. The molecule has 4 rings (SSSR count). The number of amides is 1. The number of hydrogen-bond donors (Lipinski definition) is 1. The van der Waals surface area contributed by atoms with Crippen molar-refractivity contribution in [3.8, 4) is 17.1 Å². The van der Waals surface area contributed by atoms with Gasteiger partial charge >= 0.3 is 5.97 Å². The molecule has 0 radical (unpaired) electrons. The molecular weight excluding hydrogens is 442 g/mol. The number of fused-ring (bicyclic) bond motifs is 1. The summed E-state index contributed by atoms with van der Waals surface area (Å²) in [4.78, 5) is 30.8. The molecule has 2 heterocycles. The lowest BCUT2D eigenvalue weighted by Gasteiger charge is -2.18. The molecule has 3 aromatic rings. The predicted molar refractivity (Wildman–Crippen MR) is 125 cm³/mol. The molecule has 2 aromatic heterocycles. The van der Waals surface area contributed by atoms with Crippen LogP contribution in [0.1, 0.15) is 53.4 Å². The molecule has 1 N–H and O–H groups in total. The molecule has 0 fully saturated rings. The lowest BCUT2D eigenvalue weighted by molar-refractivity contribution is -0.116. The van der Waals surface area contributed by atoms with Gasteiger partial charge in [-0.3, -0.25) is 4.79 Å². The van der Waals surface area contributed by atoms with Gasteiger partial charge in [-0.25, -0.2) is 4.79 Å². The summed E-state index contributed by atoms with van der Waals surface area (Å²) in [6.45, 7) is 4.28. The number of aromatic nitrogens is 2. The van der Waals surface area contributed by atoms with E-state index < -0.39 is 0 Å². The van der Waals surface area contributed by atoms with Crippen LogP contribution in [0.3, 0.4) is 0 Å². The highest BCUT2D eigenvalue weighted by molar-refractivity contribution is 7.17. The maximum Gasteiger partial charge on any atom is 0.341 e. The first kappa shape index (κ1) is 23.0. The van der Waals surface area contributed by atoms with Crippen molar-refractivity contribution in [2.75, 3.05) is 19.0 Å². The summed E-state index contributed by atoms with van der Waals surface area (Å²) in [5.74, 6) is 1.55. The Morgan fingerprint density at radius 1 is 1.27 bits per heavy atom. The standard InChI is InChI=1S/C24H27N3O5S/c1-4-31-24(29)21-17-10-5-14(2)13-18(17)33-23(21)25-19(28)11-12-20-26-22(27-32-20)15-6-8-16(30-3)9-7-15/h6-9,14H,4-5,10-13H2,1-3H3,(H,25,28). The van der Waals surface area contributed by atoms with E-state index >= 15 is 0 Å². The summed E-state index contributed by atoms with van der Waals surface area (Å²) in [6.07, 6.45) is 3.22. The number of carbonyl (C=O) groups is 2. The van der Waals surface area contributed by atoms with E-state index in [-0.39, 0.29) is 18.3 Å². The van der Waals surface area contributed by atoms with Gasteiger partial charge in [-0.2, -0.15) is 4.98 Å². The Hall–Kier alpha value is -3.20. The van der Waals surface area contributed by atoms with E-state index in [0.29, 0.717) is 41.2 Å². The second kappa shape index (κ2) is 10.2. The zero-order valence-corrected chi connectivity index (χ0v) is 19.8. The van der Waals surface area contributed by atoms with E-state index in [1.165, 1.54) is 11.3 Å². The van der Waals surface area contributed by atoms with Crippen LogP contribution in [0.5, 0.6) is 5.75 Å². The fourth-order valence-corrected chi connectivity index (χ4v) is 5.30. The van der Waals surface area contributed by atoms with E-state index in [1.54, 1.807) is 14.0 Å². The van der Waals surface area contributed by atoms with Crippen molar-refractivity contribution >= 4 is 28.2 Å². The number of esters is 1. The molecule has 0 saturated heterocycles. The van der Waals surface area contributed by atoms with Crippen LogP contribution >= 0.6 is 11.3 Å². The molecule has 9 heteroatoms. The zero-order valence-electron chi connectivity index (χ0n) is 19.0. The molecule has 1 unspecified atom stereocenters. The Kier molecular flexibility index (Phi) is 7.08. The van der Waals surface area contributed by atoms with Gasteiger partial charge in [-0.05, 0) is 61.9 Å². The Morgan fingerprint density at radius 2 is 2.06 bits per heavy atom. The number of benzene rings is 1. The predicted octanol–water partition coefficient (Wildman–Crippen LogP) is 4.68. The van der Waals surface area contributed by atoms with Gasteiger partial charge in [-0.15, -0.1) is 11.3 Å². The maximum atomic E-state index is 12.7. The molecule has 1 aliphatic carbocycles. The molecule has 174 valence electrons. The summed E-state index contributed by atoms with van der Waals surface area (Å²) < 4.78 is 15.7. The summed E-state index contributed by atoms with van der Waals surface area (Å²) in [7, 11) is 1.61. The first-order valence-corrected chi connectivity index (χ1v) is 11.9. The van der Waals surface area contributed by atoms with Gasteiger partial charge in [0.05, 0.1) is 19.3 Å². The summed E-state index contributed by atoms with van der Waals surface area (Å²) >= 11 is 1.48. The lowest BCUT2D eigenvalue weighted by Crippen LogP contribution is -2.17. The normalized spacial score (nSPS) is 15.1. The quantitative estimate of drug-likeness (QED) is 0.478. The summed E-state index contributed by atoms with van der Waals surface area (Å²) in [5.41, 5.74) is 2.33. The number of ether oxygens (including phenoxy) is 2.